The minimum absolute atomic E-state index is 0.602. The van der Waals surface area contributed by atoms with Crippen molar-refractivity contribution in [3.05, 3.63) is 27.2 Å². The summed E-state index contributed by atoms with van der Waals surface area (Å²) in [6, 6.07) is 3.58. The molecule has 0 fully saturated rings. The fourth-order valence-corrected chi connectivity index (χ4v) is 2.94. The van der Waals surface area contributed by atoms with E-state index in [2.05, 4.69) is 4.98 Å². The van der Waals surface area contributed by atoms with Crippen molar-refractivity contribution in [3.8, 4) is 0 Å². The fraction of sp³-hybridized carbons (Fsp3) is 0.222. The average Bonchev–Trinajstić information content (AvgIpc) is 2.48. The van der Waals surface area contributed by atoms with Gasteiger partial charge in [-0.3, -0.25) is 0 Å². The SMILES string of the molecule is NCCc1nc2c(Cl)cc(Cl)cc2s1. The number of aromatic nitrogens is 1. The molecule has 0 saturated heterocycles. The number of rotatable bonds is 2. The Labute approximate surface area is 95.6 Å². The lowest BCUT2D eigenvalue weighted by Crippen LogP contribution is -2.01. The third-order valence-corrected chi connectivity index (χ3v) is 3.38. The molecule has 14 heavy (non-hydrogen) atoms. The number of hydrogen-bond donors (Lipinski definition) is 1. The molecule has 1 heterocycles. The van der Waals surface area contributed by atoms with Crippen LogP contribution in [0.25, 0.3) is 10.2 Å². The first kappa shape index (κ1) is 10.2. The van der Waals surface area contributed by atoms with Crippen molar-refractivity contribution in [2.45, 2.75) is 6.42 Å². The molecule has 0 unspecified atom stereocenters. The van der Waals surface area contributed by atoms with Gasteiger partial charge in [-0.1, -0.05) is 23.2 Å². The Hall–Kier alpha value is -0.350. The van der Waals surface area contributed by atoms with Gasteiger partial charge in [0.15, 0.2) is 0 Å². The summed E-state index contributed by atoms with van der Waals surface area (Å²) in [5.74, 6) is 0. The van der Waals surface area contributed by atoms with Crippen molar-refractivity contribution >= 4 is 44.8 Å². The Morgan fingerprint density at radius 2 is 2.14 bits per heavy atom. The van der Waals surface area contributed by atoms with Crippen molar-refractivity contribution in [1.29, 1.82) is 0 Å². The summed E-state index contributed by atoms with van der Waals surface area (Å²) in [5.41, 5.74) is 6.28. The highest BCUT2D eigenvalue weighted by Crippen LogP contribution is 2.31. The predicted molar refractivity (Wildman–Crippen MR) is 62.4 cm³/mol. The Morgan fingerprint density at radius 1 is 1.36 bits per heavy atom. The third-order valence-electron chi connectivity index (χ3n) is 1.82. The summed E-state index contributed by atoms with van der Waals surface area (Å²) < 4.78 is 1.02. The molecule has 0 amide bonds. The Bertz CT molecular complexity index is 467. The van der Waals surface area contributed by atoms with E-state index >= 15 is 0 Å². The monoisotopic (exact) mass is 246 g/mol. The van der Waals surface area contributed by atoms with E-state index < -0.39 is 0 Å². The molecule has 74 valence electrons. The molecule has 5 heteroatoms. The fourth-order valence-electron chi connectivity index (χ4n) is 1.23. The van der Waals surface area contributed by atoms with Crippen molar-refractivity contribution in [3.63, 3.8) is 0 Å². The first-order valence-corrected chi connectivity index (χ1v) is 5.72. The molecule has 2 nitrogen and oxygen atoms in total. The second-order valence-corrected chi connectivity index (χ2v) is 4.84. The first-order valence-electron chi connectivity index (χ1n) is 4.15. The highest BCUT2D eigenvalue weighted by Gasteiger charge is 2.07. The summed E-state index contributed by atoms with van der Waals surface area (Å²) >= 11 is 13.5. The smallest absolute Gasteiger partial charge is 0.100 e. The van der Waals surface area contributed by atoms with Crippen LogP contribution in [0.15, 0.2) is 12.1 Å². The summed E-state index contributed by atoms with van der Waals surface area (Å²) in [6.07, 6.45) is 0.785. The summed E-state index contributed by atoms with van der Waals surface area (Å²) in [7, 11) is 0. The number of thiazole rings is 1. The van der Waals surface area contributed by atoms with E-state index in [-0.39, 0.29) is 0 Å². The molecular formula is C9H8Cl2N2S. The molecule has 0 bridgehead atoms. The number of benzene rings is 1. The van der Waals surface area contributed by atoms with Crippen molar-refractivity contribution < 1.29 is 0 Å². The van der Waals surface area contributed by atoms with Crippen LogP contribution < -0.4 is 5.73 Å². The standard InChI is InChI=1S/C9H8Cl2N2S/c10-5-3-6(11)9-7(4-5)14-8(13-9)1-2-12/h3-4H,1-2,12H2. The summed E-state index contributed by atoms with van der Waals surface area (Å²) in [5, 5.41) is 2.25. The van der Waals surface area contributed by atoms with Crippen LogP contribution in [0.4, 0.5) is 0 Å². The molecule has 1 aromatic carbocycles. The van der Waals surface area contributed by atoms with E-state index in [9.17, 15) is 0 Å². The number of nitrogens with two attached hydrogens (primary N) is 1. The van der Waals surface area contributed by atoms with Gasteiger partial charge >= 0.3 is 0 Å². The zero-order chi connectivity index (χ0) is 10.1. The van der Waals surface area contributed by atoms with Crippen molar-refractivity contribution in [2.24, 2.45) is 5.73 Å². The molecule has 0 radical (unpaired) electrons. The molecule has 1 aromatic heterocycles. The van der Waals surface area contributed by atoms with E-state index in [1.807, 2.05) is 6.07 Å². The van der Waals surface area contributed by atoms with Crippen LogP contribution in [-0.4, -0.2) is 11.5 Å². The molecule has 2 aromatic rings. The van der Waals surface area contributed by atoms with Crippen LogP contribution in [0.1, 0.15) is 5.01 Å². The highest BCUT2D eigenvalue weighted by molar-refractivity contribution is 7.18. The van der Waals surface area contributed by atoms with Gasteiger partial charge in [0.25, 0.3) is 0 Å². The molecule has 0 aliphatic carbocycles. The second-order valence-electron chi connectivity index (χ2n) is 2.88. The molecule has 2 rings (SSSR count). The van der Waals surface area contributed by atoms with Gasteiger partial charge in [-0.05, 0) is 18.7 Å². The maximum Gasteiger partial charge on any atom is 0.100 e. The number of halogens is 2. The van der Waals surface area contributed by atoms with Gasteiger partial charge < -0.3 is 5.73 Å². The topological polar surface area (TPSA) is 38.9 Å². The van der Waals surface area contributed by atoms with Crippen LogP contribution >= 0.6 is 34.5 Å². The normalized spacial score (nSPS) is 11.1. The largest absolute Gasteiger partial charge is 0.330 e. The van der Waals surface area contributed by atoms with Gasteiger partial charge in [-0.2, -0.15) is 0 Å². The van der Waals surface area contributed by atoms with Gasteiger partial charge in [-0.25, -0.2) is 4.98 Å². The van der Waals surface area contributed by atoms with Gasteiger partial charge in [-0.15, -0.1) is 11.3 Å². The summed E-state index contributed by atoms with van der Waals surface area (Å²) in [6.45, 7) is 0.602. The predicted octanol–water partition coefficient (Wildman–Crippen LogP) is 3.10. The van der Waals surface area contributed by atoms with Crippen molar-refractivity contribution in [1.82, 2.24) is 4.98 Å². The molecular weight excluding hydrogens is 239 g/mol. The molecule has 0 aliphatic rings. The van der Waals surface area contributed by atoms with Gasteiger partial charge in [0, 0.05) is 11.4 Å². The third kappa shape index (κ3) is 1.86. The Kier molecular flexibility index (Phi) is 2.93. The maximum atomic E-state index is 6.00. The lowest BCUT2D eigenvalue weighted by molar-refractivity contribution is 0.958. The lowest BCUT2D eigenvalue weighted by atomic mass is 10.3. The van der Waals surface area contributed by atoms with Gasteiger partial charge in [0.1, 0.15) is 5.52 Å². The minimum atomic E-state index is 0.602. The molecule has 0 atom stereocenters. The number of fused-ring (bicyclic) bond motifs is 1. The second kappa shape index (κ2) is 4.03. The zero-order valence-corrected chi connectivity index (χ0v) is 9.59. The Morgan fingerprint density at radius 3 is 2.86 bits per heavy atom. The average molecular weight is 247 g/mol. The van der Waals surface area contributed by atoms with Crippen LogP contribution in [0, 0.1) is 0 Å². The van der Waals surface area contributed by atoms with Gasteiger partial charge in [0.2, 0.25) is 0 Å². The zero-order valence-electron chi connectivity index (χ0n) is 7.26. The van der Waals surface area contributed by atoms with Crippen molar-refractivity contribution in [2.75, 3.05) is 6.54 Å². The van der Waals surface area contributed by atoms with E-state index in [0.29, 0.717) is 16.6 Å². The molecule has 0 saturated carbocycles. The quantitative estimate of drug-likeness (QED) is 0.885. The maximum absolute atomic E-state index is 6.00. The molecule has 2 N–H and O–H groups in total. The van der Waals surface area contributed by atoms with E-state index in [4.69, 9.17) is 28.9 Å². The number of hydrogen-bond acceptors (Lipinski definition) is 3. The first-order chi connectivity index (χ1) is 6.70. The van der Waals surface area contributed by atoms with Gasteiger partial charge in [0.05, 0.1) is 14.7 Å². The van der Waals surface area contributed by atoms with E-state index in [1.54, 1.807) is 17.4 Å². The van der Waals surface area contributed by atoms with E-state index in [0.717, 1.165) is 21.6 Å². The molecule has 0 spiro atoms. The van der Waals surface area contributed by atoms with Crippen LogP contribution in [0.5, 0.6) is 0 Å². The lowest BCUT2D eigenvalue weighted by Gasteiger charge is -1.92. The summed E-state index contributed by atoms with van der Waals surface area (Å²) in [4.78, 5) is 4.39. The minimum Gasteiger partial charge on any atom is -0.330 e. The number of nitrogens with zero attached hydrogens (tertiary/aromatic N) is 1. The van der Waals surface area contributed by atoms with Crippen LogP contribution in [-0.2, 0) is 6.42 Å². The highest BCUT2D eigenvalue weighted by atomic mass is 35.5. The van der Waals surface area contributed by atoms with Crippen LogP contribution in [0.3, 0.4) is 0 Å². The molecule has 0 aliphatic heterocycles. The Balaban J connectivity index is 2.58. The van der Waals surface area contributed by atoms with Crippen LogP contribution in [0.2, 0.25) is 10.0 Å². The van der Waals surface area contributed by atoms with E-state index in [1.165, 1.54) is 0 Å².